The van der Waals surface area contributed by atoms with Crippen molar-refractivity contribution in [3.8, 4) is 17.2 Å². The fourth-order valence-electron chi connectivity index (χ4n) is 5.40. The highest BCUT2D eigenvalue weighted by atomic mass is 32.2. The molecule has 0 bridgehead atoms. The lowest BCUT2D eigenvalue weighted by Gasteiger charge is -2.26. The van der Waals surface area contributed by atoms with Gasteiger partial charge in [0.05, 0.1) is 32.3 Å². The molecule has 1 aliphatic heterocycles. The van der Waals surface area contributed by atoms with E-state index in [1.807, 2.05) is 24.3 Å². The number of Topliss-reactive ketones (excluding diaryl/α,β-unsaturated/α-hetero) is 1. The number of hydrogen-bond acceptors (Lipinski definition) is 9. The Morgan fingerprint density at radius 2 is 1.40 bits per heavy atom. The smallest absolute Gasteiger partial charge is 0.295 e. The number of sulfone groups is 1. The lowest BCUT2D eigenvalue weighted by atomic mass is 10.0. The van der Waals surface area contributed by atoms with Crippen molar-refractivity contribution in [2.75, 3.05) is 33.6 Å². The molecule has 0 radical (unpaired) electrons. The summed E-state index contributed by atoms with van der Waals surface area (Å²) in [5, 5.41) is -0.609. The monoisotopic (exact) mass is 595 g/mol. The zero-order chi connectivity index (χ0) is 30.1. The van der Waals surface area contributed by atoms with Crippen LogP contribution in [0.5, 0.6) is 17.2 Å². The van der Waals surface area contributed by atoms with Crippen LogP contribution in [-0.2, 0) is 27.5 Å². The van der Waals surface area contributed by atoms with E-state index in [1.54, 1.807) is 24.8 Å². The molecule has 0 spiro atoms. The van der Waals surface area contributed by atoms with Crippen LogP contribution >= 0.6 is 0 Å². The molecule has 2 aromatic heterocycles. The lowest BCUT2D eigenvalue weighted by molar-refractivity contribution is -0.126. The molecule has 0 N–H and O–H groups in total. The second-order valence-corrected chi connectivity index (χ2v) is 12.6. The summed E-state index contributed by atoms with van der Waals surface area (Å²) in [6, 6.07) is 9.82. The van der Waals surface area contributed by atoms with Crippen molar-refractivity contribution in [2.24, 2.45) is 0 Å². The maximum absolute atomic E-state index is 13.9. The number of carbonyl (C=O) groups is 2. The number of carbonyl (C=O) groups excluding carboxylic acids is 2. The molecule has 3 heterocycles. The first kappa shape index (κ1) is 31.0. The van der Waals surface area contributed by atoms with Gasteiger partial charge in [0.25, 0.3) is 11.7 Å². The molecule has 1 amide bonds. The third kappa shape index (κ3) is 7.44. The number of ketones is 1. The summed E-state index contributed by atoms with van der Waals surface area (Å²) in [7, 11) is 0.672. The molecule has 3 aromatic rings. The van der Waals surface area contributed by atoms with Crippen LogP contribution in [0.2, 0.25) is 0 Å². The number of ether oxygens (including phenoxy) is 3. The summed E-state index contributed by atoms with van der Waals surface area (Å²) in [6.45, 7) is 0.313. The fraction of sp³-hybridized carbons (Fsp3) is 0.419. The number of aryl methyl sites for hydroxylation is 2. The molecule has 1 saturated heterocycles. The fourth-order valence-corrected chi connectivity index (χ4v) is 7.51. The van der Waals surface area contributed by atoms with Crippen molar-refractivity contribution in [2.45, 2.75) is 49.8 Å². The molecule has 4 rings (SSSR count). The van der Waals surface area contributed by atoms with E-state index in [1.165, 1.54) is 38.4 Å². The molecular formula is C31H37N3O7S. The van der Waals surface area contributed by atoms with E-state index in [0.29, 0.717) is 50.8 Å². The predicted octanol–water partition coefficient (Wildman–Crippen LogP) is 3.73. The second kappa shape index (κ2) is 14.3. The van der Waals surface area contributed by atoms with Crippen LogP contribution in [-0.4, -0.2) is 79.9 Å². The molecule has 1 aliphatic rings. The average Bonchev–Trinajstić information content (AvgIpc) is 3.47. The van der Waals surface area contributed by atoms with Gasteiger partial charge in [0.15, 0.2) is 21.3 Å². The van der Waals surface area contributed by atoms with E-state index in [9.17, 15) is 18.0 Å². The summed E-state index contributed by atoms with van der Waals surface area (Å²) in [4.78, 5) is 36.3. The third-order valence-corrected chi connectivity index (χ3v) is 10.0. The van der Waals surface area contributed by atoms with Gasteiger partial charge in [-0.1, -0.05) is 0 Å². The van der Waals surface area contributed by atoms with Crippen molar-refractivity contribution in [1.82, 2.24) is 14.9 Å². The van der Waals surface area contributed by atoms with Crippen molar-refractivity contribution in [3.05, 3.63) is 77.9 Å². The normalized spacial score (nSPS) is 15.0. The average molecular weight is 596 g/mol. The summed E-state index contributed by atoms with van der Waals surface area (Å²) >= 11 is 0. The number of nitrogens with zero attached hydrogens (tertiary/aromatic N) is 3. The molecule has 0 unspecified atom stereocenters. The zero-order valence-electron chi connectivity index (χ0n) is 24.2. The van der Waals surface area contributed by atoms with Crippen LogP contribution in [0, 0.1) is 0 Å². The second-order valence-electron chi connectivity index (χ2n) is 10.3. The number of aromatic nitrogens is 2. The molecule has 10 nitrogen and oxygen atoms in total. The Labute approximate surface area is 247 Å². The van der Waals surface area contributed by atoms with Gasteiger partial charge in [-0.2, -0.15) is 0 Å². The Balaban J connectivity index is 1.51. The number of rotatable bonds is 14. The highest BCUT2D eigenvalue weighted by Crippen LogP contribution is 2.38. The minimum absolute atomic E-state index is 0.0792. The van der Waals surface area contributed by atoms with Crippen molar-refractivity contribution >= 4 is 21.5 Å². The van der Waals surface area contributed by atoms with Gasteiger partial charge in [0.1, 0.15) is 0 Å². The predicted molar refractivity (Wildman–Crippen MR) is 158 cm³/mol. The topological polar surface area (TPSA) is 125 Å². The molecule has 0 aliphatic carbocycles. The zero-order valence-corrected chi connectivity index (χ0v) is 25.0. The maximum atomic E-state index is 13.9. The van der Waals surface area contributed by atoms with Gasteiger partial charge in [-0.15, -0.1) is 0 Å². The van der Waals surface area contributed by atoms with E-state index < -0.39 is 32.8 Å². The summed E-state index contributed by atoms with van der Waals surface area (Å²) in [5.74, 6) is -0.894. The third-order valence-electron chi connectivity index (χ3n) is 7.70. The maximum Gasteiger partial charge on any atom is 0.295 e. The van der Waals surface area contributed by atoms with Crippen LogP contribution in [0.25, 0.3) is 0 Å². The minimum atomic E-state index is -3.63. The van der Waals surface area contributed by atoms with Crippen LogP contribution in [0.15, 0.2) is 61.2 Å². The molecule has 1 atom stereocenters. The van der Waals surface area contributed by atoms with Crippen molar-refractivity contribution < 1.29 is 32.2 Å². The number of likely N-dealkylation sites (tertiary alicyclic amines) is 1. The Morgan fingerprint density at radius 1 is 0.881 bits per heavy atom. The first-order valence-corrected chi connectivity index (χ1v) is 15.6. The van der Waals surface area contributed by atoms with E-state index in [4.69, 9.17) is 14.2 Å². The molecule has 1 aromatic carbocycles. The van der Waals surface area contributed by atoms with Crippen molar-refractivity contribution in [3.63, 3.8) is 0 Å². The van der Waals surface area contributed by atoms with Crippen molar-refractivity contribution in [1.29, 1.82) is 0 Å². The first-order valence-electron chi connectivity index (χ1n) is 13.9. The highest BCUT2D eigenvalue weighted by molar-refractivity contribution is 7.92. The van der Waals surface area contributed by atoms with E-state index >= 15 is 0 Å². The van der Waals surface area contributed by atoms with E-state index in [0.717, 1.165) is 11.1 Å². The van der Waals surface area contributed by atoms with Gasteiger partial charge >= 0.3 is 0 Å². The highest BCUT2D eigenvalue weighted by Gasteiger charge is 2.38. The number of hydrogen-bond donors (Lipinski definition) is 0. The van der Waals surface area contributed by atoms with Crippen LogP contribution in [0.3, 0.4) is 0 Å². The van der Waals surface area contributed by atoms with Gasteiger partial charge < -0.3 is 19.1 Å². The summed E-state index contributed by atoms with van der Waals surface area (Å²) in [6.07, 6.45) is 10.00. The molecule has 1 fully saturated rings. The molecule has 11 heteroatoms. The number of pyridine rings is 2. The molecule has 0 saturated carbocycles. The quantitative estimate of drug-likeness (QED) is 0.202. The van der Waals surface area contributed by atoms with E-state index in [2.05, 4.69) is 9.97 Å². The van der Waals surface area contributed by atoms with Crippen LogP contribution in [0.1, 0.15) is 47.2 Å². The largest absolute Gasteiger partial charge is 0.493 e. The number of methoxy groups -OCH3 is 3. The van der Waals surface area contributed by atoms with Gasteiger partial charge in [0, 0.05) is 42.9 Å². The van der Waals surface area contributed by atoms with Gasteiger partial charge in [0.2, 0.25) is 5.75 Å². The number of amides is 1. The van der Waals surface area contributed by atoms with E-state index in [-0.39, 0.29) is 22.8 Å². The van der Waals surface area contributed by atoms with Gasteiger partial charge in [-0.25, -0.2) is 8.42 Å². The molecular weight excluding hydrogens is 558 g/mol. The molecule has 42 heavy (non-hydrogen) atoms. The Hall–Kier alpha value is -3.99. The first-order chi connectivity index (χ1) is 20.3. The van der Waals surface area contributed by atoms with Gasteiger partial charge in [-0.05, 0) is 86.1 Å². The summed E-state index contributed by atoms with van der Waals surface area (Å²) in [5.41, 5.74) is 2.11. The lowest BCUT2D eigenvalue weighted by Crippen LogP contribution is -2.44. The standard InChI is InChI=1S/C31H37N3O7S/c1-39-27-19-24(20-28(40-2)30(27)41-3)29(35)31(36)34-18-4-5-25(34)21-42(37,38)26(8-6-22-10-14-32-15-11-22)9-7-23-12-16-33-17-13-23/h10-17,19-20,25-26H,4-9,18,21H2,1-3H3/t25-/m0/s1. The van der Waals surface area contributed by atoms with Gasteiger partial charge in [-0.3, -0.25) is 19.6 Å². The molecule has 224 valence electrons. The Morgan fingerprint density at radius 3 is 1.88 bits per heavy atom. The SMILES string of the molecule is COc1cc(C(=O)C(=O)N2CCC[C@H]2CS(=O)(=O)C(CCc2ccncc2)CCc2ccncc2)cc(OC)c1OC. The Kier molecular flexibility index (Phi) is 10.5. The van der Waals surface area contributed by atoms with Crippen LogP contribution in [0.4, 0.5) is 0 Å². The van der Waals surface area contributed by atoms with Crippen LogP contribution < -0.4 is 14.2 Å². The Bertz CT molecular complexity index is 1400. The number of benzene rings is 1. The minimum Gasteiger partial charge on any atom is -0.493 e. The summed E-state index contributed by atoms with van der Waals surface area (Å²) < 4.78 is 43.7.